The number of aliphatic hydroxyl groups excluding tert-OH is 2. The van der Waals surface area contributed by atoms with E-state index in [9.17, 15) is 29.7 Å². The van der Waals surface area contributed by atoms with Crippen LogP contribution in [0.1, 0.15) is 58.8 Å². The van der Waals surface area contributed by atoms with Crippen molar-refractivity contribution in [1.82, 2.24) is 4.90 Å². The van der Waals surface area contributed by atoms with Gasteiger partial charge in [-0.25, -0.2) is 0 Å². The van der Waals surface area contributed by atoms with Gasteiger partial charge in [0.2, 0.25) is 5.78 Å². The van der Waals surface area contributed by atoms with E-state index < -0.39 is 34.8 Å². The van der Waals surface area contributed by atoms with Crippen molar-refractivity contribution < 1.29 is 29.7 Å². The molecule has 0 saturated heterocycles. The molecule has 0 bridgehead atoms. The number of fused-ring (bicyclic) bond motifs is 5. The molecule has 0 amide bonds. The van der Waals surface area contributed by atoms with Gasteiger partial charge in [-0.15, -0.1) is 0 Å². The van der Waals surface area contributed by atoms with Crippen LogP contribution in [0.5, 0.6) is 0 Å². The minimum Gasteiger partial charge on any atom is -0.393 e. The molecule has 0 aromatic heterocycles. The summed E-state index contributed by atoms with van der Waals surface area (Å²) < 4.78 is 0. The lowest BCUT2D eigenvalue weighted by atomic mass is 9.45. The minimum atomic E-state index is -1.87. The number of carbonyl (C=O) groups excluding carboxylic acids is 3. The average Bonchev–Trinajstić information content (AvgIpc) is 2.98. The van der Waals surface area contributed by atoms with E-state index in [1.54, 1.807) is 25.1 Å². The summed E-state index contributed by atoms with van der Waals surface area (Å²) >= 11 is 0. The Bertz CT molecular complexity index is 866. The second kappa shape index (κ2) is 7.83. The topological polar surface area (TPSA) is 115 Å². The van der Waals surface area contributed by atoms with Crippen molar-refractivity contribution in [3.8, 4) is 0 Å². The highest BCUT2D eigenvalue weighted by atomic mass is 16.3. The summed E-state index contributed by atoms with van der Waals surface area (Å²) in [5, 5.41) is 33.6. The Kier molecular flexibility index (Phi) is 5.81. The molecule has 32 heavy (non-hydrogen) atoms. The van der Waals surface area contributed by atoms with Crippen LogP contribution in [-0.4, -0.2) is 76.0 Å². The van der Waals surface area contributed by atoms with Gasteiger partial charge < -0.3 is 20.2 Å². The Morgan fingerprint density at radius 1 is 1.19 bits per heavy atom. The number of ketones is 3. The Hall–Kier alpha value is -1.41. The van der Waals surface area contributed by atoms with Gasteiger partial charge in [0.25, 0.3) is 0 Å². The fourth-order valence-corrected chi connectivity index (χ4v) is 7.87. The molecule has 0 radical (unpaired) electrons. The van der Waals surface area contributed by atoms with E-state index in [4.69, 9.17) is 0 Å². The summed E-state index contributed by atoms with van der Waals surface area (Å²) in [7, 11) is 3.36. The monoisotopic (exact) mass is 447 g/mol. The van der Waals surface area contributed by atoms with Crippen molar-refractivity contribution in [2.75, 3.05) is 20.6 Å². The number of likely N-dealkylation sites (N-methyl/N-ethyl adjacent to an activating group) is 1. The molecular weight excluding hydrogens is 410 g/mol. The van der Waals surface area contributed by atoms with Crippen LogP contribution in [0.3, 0.4) is 0 Å². The van der Waals surface area contributed by atoms with Gasteiger partial charge in [-0.3, -0.25) is 14.4 Å². The van der Waals surface area contributed by atoms with E-state index in [1.807, 2.05) is 6.92 Å². The number of hydrogen-bond acceptors (Lipinski definition) is 7. The Morgan fingerprint density at radius 2 is 1.88 bits per heavy atom. The number of rotatable bonds is 5. The number of hydrogen-bond donors (Lipinski definition) is 3. The fraction of sp³-hybridized carbons (Fsp3) is 0.800. The number of aliphatic hydroxyl groups is 3. The lowest BCUT2D eigenvalue weighted by Crippen LogP contribution is -2.63. The highest BCUT2D eigenvalue weighted by Gasteiger charge is 2.69. The van der Waals surface area contributed by atoms with E-state index in [0.717, 1.165) is 24.8 Å². The first-order valence-electron chi connectivity index (χ1n) is 11.9. The number of carbonyl (C=O) groups is 3. The number of nitrogens with zero attached hydrogens (tertiary/aromatic N) is 1. The van der Waals surface area contributed by atoms with Crippen molar-refractivity contribution in [1.29, 1.82) is 0 Å². The van der Waals surface area contributed by atoms with Gasteiger partial charge in [0.15, 0.2) is 17.7 Å². The molecule has 4 rings (SSSR count). The minimum absolute atomic E-state index is 0.0111. The Morgan fingerprint density at radius 3 is 2.53 bits per heavy atom. The molecule has 7 nitrogen and oxygen atoms in total. The highest BCUT2D eigenvalue weighted by molar-refractivity contribution is 6.09. The molecule has 3 saturated carbocycles. The summed E-state index contributed by atoms with van der Waals surface area (Å²) in [6, 6.07) is 0. The molecule has 178 valence electrons. The lowest BCUT2D eigenvalue weighted by Gasteiger charge is -2.60. The summed E-state index contributed by atoms with van der Waals surface area (Å²) in [5.74, 6) is -1.19. The van der Waals surface area contributed by atoms with E-state index in [0.29, 0.717) is 12.8 Å². The maximum absolute atomic E-state index is 13.3. The Balaban J connectivity index is 1.64. The zero-order valence-corrected chi connectivity index (χ0v) is 19.6. The zero-order valence-electron chi connectivity index (χ0n) is 19.6. The lowest BCUT2D eigenvalue weighted by molar-refractivity contribution is -0.186. The smallest absolute Gasteiger partial charge is 0.200 e. The largest absolute Gasteiger partial charge is 0.393 e. The van der Waals surface area contributed by atoms with Crippen LogP contribution in [0.4, 0.5) is 0 Å². The number of allylic oxidation sites excluding steroid dienone is 1. The van der Waals surface area contributed by atoms with Crippen LogP contribution in [0.15, 0.2) is 11.6 Å². The van der Waals surface area contributed by atoms with E-state index in [1.165, 1.54) is 0 Å². The second-order valence-electron chi connectivity index (χ2n) is 11.4. The molecule has 3 fully saturated rings. The molecular formula is C25H37NO6. The van der Waals surface area contributed by atoms with Gasteiger partial charge in [-0.2, -0.15) is 0 Å². The summed E-state index contributed by atoms with van der Waals surface area (Å²) in [6.45, 7) is 3.93. The van der Waals surface area contributed by atoms with Gasteiger partial charge in [0.1, 0.15) is 5.60 Å². The predicted octanol–water partition coefficient (Wildman–Crippen LogP) is 1.28. The van der Waals surface area contributed by atoms with Crippen LogP contribution in [-0.2, 0) is 14.4 Å². The first-order chi connectivity index (χ1) is 14.8. The summed E-state index contributed by atoms with van der Waals surface area (Å²) in [5.41, 5.74) is -1.87. The van der Waals surface area contributed by atoms with Crippen LogP contribution < -0.4 is 0 Å². The molecule has 1 unspecified atom stereocenters. The molecule has 4 aliphatic carbocycles. The van der Waals surface area contributed by atoms with Gasteiger partial charge in [-0.05, 0) is 81.9 Å². The van der Waals surface area contributed by atoms with Crippen molar-refractivity contribution in [2.45, 2.75) is 76.6 Å². The van der Waals surface area contributed by atoms with Gasteiger partial charge in [0.05, 0.1) is 12.6 Å². The molecule has 4 aliphatic rings. The Labute approximate surface area is 189 Å². The van der Waals surface area contributed by atoms with Gasteiger partial charge in [0, 0.05) is 11.8 Å². The quantitative estimate of drug-likeness (QED) is 0.544. The van der Waals surface area contributed by atoms with Gasteiger partial charge >= 0.3 is 0 Å². The first-order valence-corrected chi connectivity index (χ1v) is 11.9. The SMILES string of the molecule is CN(C)CC(=O)C(O)C(=O)[C@@]1(O)CC[C@H]2[C@@H]3CCC4=CC(=O)CC[C@]4(C)[C@H]3[C@@H](O)C[C@@]21C. The highest BCUT2D eigenvalue weighted by Crippen LogP contribution is 2.67. The normalized spacial score (nSPS) is 44.4. The third kappa shape index (κ3) is 3.27. The van der Waals surface area contributed by atoms with Crippen molar-refractivity contribution in [3.63, 3.8) is 0 Å². The summed E-state index contributed by atoms with van der Waals surface area (Å²) in [6.07, 6.45) is 3.05. The molecule has 7 heteroatoms. The molecule has 8 atom stereocenters. The fourth-order valence-electron chi connectivity index (χ4n) is 7.87. The summed E-state index contributed by atoms with van der Waals surface area (Å²) in [4.78, 5) is 39.2. The molecule has 0 aromatic rings. The van der Waals surface area contributed by atoms with Crippen molar-refractivity contribution >= 4 is 17.3 Å². The molecule has 0 aromatic carbocycles. The molecule has 0 spiro atoms. The average molecular weight is 448 g/mol. The predicted molar refractivity (Wildman–Crippen MR) is 118 cm³/mol. The van der Waals surface area contributed by atoms with Crippen LogP contribution in [0.25, 0.3) is 0 Å². The third-order valence-electron chi connectivity index (χ3n) is 9.48. The molecule has 3 N–H and O–H groups in total. The number of Topliss-reactive ketones (excluding diaryl/α,β-unsaturated/α-hetero) is 2. The first kappa shape index (κ1) is 23.7. The van der Waals surface area contributed by atoms with Gasteiger partial charge in [-0.1, -0.05) is 19.4 Å². The standard InChI is InChI=1S/C25H37NO6/c1-23-9-7-15(27)11-14(23)5-6-16-17-8-10-25(32,24(17,2)12-18(28)20(16)23)22(31)21(30)19(29)13-26(3)4/h11,16-18,20-21,28,30,32H,5-10,12-13H2,1-4H3/t16-,17-,18-,20+,21?,23-,24-,25-/m0/s1. The maximum atomic E-state index is 13.3. The van der Waals surface area contributed by atoms with E-state index in [-0.39, 0.29) is 48.3 Å². The van der Waals surface area contributed by atoms with E-state index >= 15 is 0 Å². The van der Waals surface area contributed by atoms with Crippen molar-refractivity contribution in [3.05, 3.63) is 11.6 Å². The van der Waals surface area contributed by atoms with Crippen LogP contribution >= 0.6 is 0 Å². The zero-order chi connectivity index (χ0) is 23.6. The third-order valence-corrected chi connectivity index (χ3v) is 9.48. The molecule has 0 aliphatic heterocycles. The van der Waals surface area contributed by atoms with E-state index in [2.05, 4.69) is 6.92 Å². The second-order valence-corrected chi connectivity index (χ2v) is 11.4. The molecule has 0 heterocycles. The van der Waals surface area contributed by atoms with Crippen molar-refractivity contribution in [2.24, 2.45) is 28.6 Å². The van der Waals surface area contributed by atoms with Crippen LogP contribution in [0.2, 0.25) is 0 Å². The maximum Gasteiger partial charge on any atom is 0.200 e. The van der Waals surface area contributed by atoms with Crippen LogP contribution in [0, 0.1) is 28.6 Å².